The van der Waals surface area contributed by atoms with E-state index in [2.05, 4.69) is 11.9 Å². The lowest BCUT2D eigenvalue weighted by molar-refractivity contribution is 0.0520. The summed E-state index contributed by atoms with van der Waals surface area (Å²) in [5.74, 6) is 0. The normalized spacial score (nSPS) is 12.9. The van der Waals surface area contributed by atoms with E-state index in [-0.39, 0.29) is 0 Å². The maximum atomic E-state index is 11.2. The molecule has 6 heteroatoms. The Hall–Kier alpha value is -0.640. The number of hydrogen-bond donors (Lipinski definition) is 1. The van der Waals surface area contributed by atoms with Crippen molar-refractivity contribution in [3.05, 3.63) is 12.7 Å². The minimum Gasteiger partial charge on any atom is -0.444 e. The van der Waals surface area contributed by atoms with Crippen molar-refractivity contribution in [1.29, 1.82) is 0 Å². The van der Waals surface area contributed by atoms with Crippen LogP contribution in [0.25, 0.3) is 0 Å². The van der Waals surface area contributed by atoms with Gasteiger partial charge in [0.15, 0.2) is 8.38 Å². The second kappa shape index (κ2) is 8.45. The van der Waals surface area contributed by atoms with Crippen LogP contribution in [0.3, 0.4) is 0 Å². The summed E-state index contributed by atoms with van der Waals surface area (Å²) >= 11 is 0. The number of carbonyl (C=O) groups is 1. The molecule has 0 bridgehead atoms. The Bertz CT molecular complexity index is 240. The number of amides is 1. The Morgan fingerprint density at radius 3 is 2.59 bits per heavy atom. The molecule has 5 nitrogen and oxygen atoms in total. The predicted molar refractivity (Wildman–Crippen MR) is 69.2 cm³/mol. The van der Waals surface area contributed by atoms with Gasteiger partial charge in [0.05, 0.1) is 13.2 Å². The fourth-order valence-corrected chi connectivity index (χ4v) is 1.57. The molecule has 0 fully saturated rings. The Kier molecular flexibility index (Phi) is 8.13. The third-order valence-electron chi connectivity index (χ3n) is 1.42. The molecule has 1 unspecified atom stereocenters. The lowest BCUT2D eigenvalue weighted by atomic mass is 10.2. The van der Waals surface area contributed by atoms with Crippen molar-refractivity contribution >= 4 is 14.5 Å². The molecule has 0 spiro atoms. The standard InChI is InChI=1S/C11H22NO4P/c1-6-8-14-17(5)15-9-7-12-10(13)16-11(2,3)4/h6H,1,7-9H2,2-5H3,(H,12,13). The fraction of sp³-hybridized carbons (Fsp3) is 0.727. The first-order valence-corrected chi connectivity index (χ1v) is 7.05. The lowest BCUT2D eigenvalue weighted by Crippen LogP contribution is -2.34. The molecule has 1 N–H and O–H groups in total. The van der Waals surface area contributed by atoms with Crippen molar-refractivity contribution in [3.8, 4) is 0 Å². The maximum absolute atomic E-state index is 11.2. The van der Waals surface area contributed by atoms with Crippen molar-refractivity contribution < 1.29 is 18.6 Å². The highest BCUT2D eigenvalue weighted by Gasteiger charge is 2.15. The van der Waals surface area contributed by atoms with Crippen LogP contribution in [0.1, 0.15) is 20.8 Å². The van der Waals surface area contributed by atoms with E-state index in [1.165, 1.54) is 0 Å². The maximum Gasteiger partial charge on any atom is 0.407 e. The highest BCUT2D eigenvalue weighted by atomic mass is 31.2. The molecule has 1 amide bonds. The highest BCUT2D eigenvalue weighted by molar-refractivity contribution is 7.46. The lowest BCUT2D eigenvalue weighted by Gasteiger charge is -2.19. The quantitative estimate of drug-likeness (QED) is 0.436. The average molecular weight is 263 g/mol. The Labute approximate surface area is 104 Å². The summed E-state index contributed by atoms with van der Waals surface area (Å²) in [6, 6.07) is 0. The van der Waals surface area contributed by atoms with Gasteiger partial charge in [0, 0.05) is 13.2 Å². The van der Waals surface area contributed by atoms with E-state index >= 15 is 0 Å². The van der Waals surface area contributed by atoms with E-state index < -0.39 is 20.1 Å². The molecule has 0 saturated heterocycles. The molecular formula is C11H22NO4P. The first-order valence-electron chi connectivity index (χ1n) is 5.42. The predicted octanol–water partition coefficient (Wildman–Crippen LogP) is 2.67. The van der Waals surface area contributed by atoms with E-state index in [1.807, 2.05) is 27.4 Å². The van der Waals surface area contributed by atoms with E-state index in [0.29, 0.717) is 19.8 Å². The van der Waals surface area contributed by atoms with Crippen LogP contribution < -0.4 is 5.32 Å². The van der Waals surface area contributed by atoms with Gasteiger partial charge in [0.2, 0.25) is 0 Å². The van der Waals surface area contributed by atoms with Gasteiger partial charge in [-0.3, -0.25) is 0 Å². The summed E-state index contributed by atoms with van der Waals surface area (Å²) in [4.78, 5) is 11.2. The van der Waals surface area contributed by atoms with Gasteiger partial charge in [0.1, 0.15) is 5.60 Å². The van der Waals surface area contributed by atoms with E-state index in [0.717, 1.165) is 0 Å². The molecule has 0 aromatic carbocycles. The molecule has 0 aromatic rings. The summed E-state index contributed by atoms with van der Waals surface area (Å²) < 4.78 is 15.7. The number of rotatable bonds is 7. The van der Waals surface area contributed by atoms with Crippen molar-refractivity contribution in [2.45, 2.75) is 26.4 Å². The topological polar surface area (TPSA) is 56.8 Å². The highest BCUT2D eigenvalue weighted by Crippen LogP contribution is 2.32. The molecular weight excluding hydrogens is 241 g/mol. The van der Waals surface area contributed by atoms with E-state index in [4.69, 9.17) is 13.8 Å². The summed E-state index contributed by atoms with van der Waals surface area (Å²) in [6.07, 6.45) is 1.23. The van der Waals surface area contributed by atoms with Crippen LogP contribution in [-0.4, -0.2) is 38.1 Å². The van der Waals surface area contributed by atoms with Gasteiger partial charge in [0.25, 0.3) is 0 Å². The average Bonchev–Trinajstić information content (AvgIpc) is 2.19. The number of hydrogen-bond acceptors (Lipinski definition) is 4. The third kappa shape index (κ3) is 11.6. The number of ether oxygens (including phenoxy) is 1. The largest absolute Gasteiger partial charge is 0.444 e. The smallest absolute Gasteiger partial charge is 0.407 e. The van der Waals surface area contributed by atoms with Gasteiger partial charge in [-0.05, 0) is 20.8 Å². The molecule has 100 valence electrons. The SMILES string of the molecule is C=CCOP(C)OCCNC(=O)OC(C)(C)C. The van der Waals surface area contributed by atoms with Gasteiger partial charge in [-0.15, -0.1) is 6.58 Å². The van der Waals surface area contributed by atoms with E-state index in [1.54, 1.807) is 6.08 Å². The molecule has 17 heavy (non-hydrogen) atoms. The van der Waals surface area contributed by atoms with Gasteiger partial charge < -0.3 is 19.1 Å². The summed E-state index contributed by atoms with van der Waals surface area (Å²) in [5.41, 5.74) is -0.477. The molecule has 0 aromatic heterocycles. The second-order valence-electron chi connectivity index (χ2n) is 4.29. The van der Waals surface area contributed by atoms with Crippen molar-refractivity contribution in [2.24, 2.45) is 0 Å². The minimum atomic E-state index is -0.908. The third-order valence-corrected chi connectivity index (χ3v) is 2.48. The van der Waals surface area contributed by atoms with E-state index in [9.17, 15) is 4.79 Å². The van der Waals surface area contributed by atoms with Crippen molar-refractivity contribution in [2.75, 3.05) is 26.4 Å². The summed E-state index contributed by atoms with van der Waals surface area (Å²) in [5, 5.41) is 2.60. The van der Waals surface area contributed by atoms with Crippen LogP contribution in [0.4, 0.5) is 4.79 Å². The van der Waals surface area contributed by atoms with Gasteiger partial charge in [-0.25, -0.2) is 4.79 Å². The van der Waals surface area contributed by atoms with Gasteiger partial charge >= 0.3 is 6.09 Å². The number of carbonyl (C=O) groups excluding carboxylic acids is 1. The minimum absolute atomic E-state index is 0.401. The Morgan fingerprint density at radius 2 is 2.06 bits per heavy atom. The zero-order valence-corrected chi connectivity index (χ0v) is 11.9. The van der Waals surface area contributed by atoms with Crippen LogP contribution in [0, 0.1) is 0 Å². The van der Waals surface area contributed by atoms with Crippen LogP contribution >= 0.6 is 8.38 Å². The Balaban J connectivity index is 3.51. The van der Waals surface area contributed by atoms with Crippen molar-refractivity contribution in [1.82, 2.24) is 5.32 Å². The number of alkyl carbamates (subject to hydrolysis) is 1. The van der Waals surface area contributed by atoms with Crippen LogP contribution in [0.2, 0.25) is 0 Å². The monoisotopic (exact) mass is 263 g/mol. The Morgan fingerprint density at radius 1 is 1.41 bits per heavy atom. The molecule has 0 saturated carbocycles. The first kappa shape index (κ1) is 16.4. The molecule has 1 atom stereocenters. The molecule has 0 radical (unpaired) electrons. The molecule has 0 aliphatic carbocycles. The first-order chi connectivity index (χ1) is 7.85. The summed E-state index contributed by atoms with van der Waals surface area (Å²) in [7, 11) is -0.908. The van der Waals surface area contributed by atoms with Gasteiger partial charge in [-0.2, -0.15) is 0 Å². The molecule has 0 rings (SSSR count). The second-order valence-corrected chi connectivity index (χ2v) is 5.68. The molecule has 0 aliphatic heterocycles. The van der Waals surface area contributed by atoms with Crippen LogP contribution in [0.5, 0.6) is 0 Å². The van der Waals surface area contributed by atoms with Crippen molar-refractivity contribution in [3.63, 3.8) is 0 Å². The fourth-order valence-electron chi connectivity index (χ4n) is 0.836. The van der Waals surface area contributed by atoms with Gasteiger partial charge in [-0.1, -0.05) is 6.08 Å². The van der Waals surface area contributed by atoms with Crippen LogP contribution in [-0.2, 0) is 13.8 Å². The molecule has 0 aliphatic rings. The zero-order chi connectivity index (χ0) is 13.3. The molecule has 0 heterocycles. The van der Waals surface area contributed by atoms with Crippen LogP contribution in [0.15, 0.2) is 12.7 Å². The summed E-state index contributed by atoms with van der Waals surface area (Å²) in [6.45, 7) is 12.1. The number of nitrogens with one attached hydrogen (secondary N) is 1. The zero-order valence-electron chi connectivity index (χ0n) is 11.0.